The number of nitrogens with one attached hydrogen (secondary N) is 2. The molecule has 2 unspecified atom stereocenters. The predicted molar refractivity (Wildman–Crippen MR) is 55.9 cm³/mol. The molecule has 104 valence electrons. The van der Waals surface area contributed by atoms with E-state index in [9.17, 15) is 22.8 Å². The van der Waals surface area contributed by atoms with E-state index in [0.717, 1.165) is 0 Å². The zero-order chi connectivity index (χ0) is 13.9. The Kier molecular flexibility index (Phi) is 4.42. The molecule has 1 aliphatic carbocycles. The first-order valence-electron chi connectivity index (χ1n) is 5.55. The van der Waals surface area contributed by atoms with Gasteiger partial charge in [-0.2, -0.15) is 13.2 Å². The van der Waals surface area contributed by atoms with E-state index in [1.165, 1.54) is 6.92 Å². The summed E-state index contributed by atoms with van der Waals surface area (Å²) in [5.74, 6) is -1.29. The fourth-order valence-corrected chi connectivity index (χ4v) is 1.62. The number of carboxylic acid groups (broad SMARTS) is 1. The number of halogens is 3. The Morgan fingerprint density at radius 1 is 1.33 bits per heavy atom. The van der Waals surface area contributed by atoms with Crippen LogP contribution < -0.4 is 10.6 Å². The molecule has 0 saturated heterocycles. The zero-order valence-electron chi connectivity index (χ0n) is 9.75. The maximum Gasteiger partial charge on any atom is 0.391 e. The van der Waals surface area contributed by atoms with Gasteiger partial charge in [-0.05, 0) is 25.7 Å². The minimum Gasteiger partial charge on any atom is -0.480 e. The average molecular weight is 268 g/mol. The van der Waals surface area contributed by atoms with Crippen LogP contribution in [0.5, 0.6) is 0 Å². The fourth-order valence-electron chi connectivity index (χ4n) is 1.62. The van der Waals surface area contributed by atoms with Crippen molar-refractivity contribution in [3.05, 3.63) is 0 Å². The number of carbonyl (C=O) groups excluding carboxylic acids is 1. The topological polar surface area (TPSA) is 78.4 Å². The Hall–Kier alpha value is -1.47. The molecule has 0 aromatic rings. The molecule has 3 N–H and O–H groups in total. The number of aliphatic carboxylic acids is 1. The van der Waals surface area contributed by atoms with Gasteiger partial charge in [0.05, 0.1) is 6.42 Å². The number of amides is 2. The lowest BCUT2D eigenvalue weighted by Gasteiger charge is -2.19. The van der Waals surface area contributed by atoms with Gasteiger partial charge in [0.2, 0.25) is 0 Å². The zero-order valence-corrected chi connectivity index (χ0v) is 9.75. The fraction of sp³-hybridized carbons (Fsp3) is 0.800. The van der Waals surface area contributed by atoms with Gasteiger partial charge in [0.1, 0.15) is 6.04 Å². The van der Waals surface area contributed by atoms with Crippen molar-refractivity contribution in [2.75, 3.05) is 0 Å². The van der Waals surface area contributed by atoms with E-state index in [1.807, 2.05) is 0 Å². The summed E-state index contributed by atoms with van der Waals surface area (Å²) < 4.78 is 36.1. The van der Waals surface area contributed by atoms with Crippen LogP contribution >= 0.6 is 0 Å². The van der Waals surface area contributed by atoms with Gasteiger partial charge in [0.15, 0.2) is 0 Å². The van der Waals surface area contributed by atoms with Crippen LogP contribution in [-0.4, -0.2) is 35.4 Å². The number of carbonyl (C=O) groups is 2. The van der Waals surface area contributed by atoms with Crippen LogP contribution in [0.1, 0.15) is 26.2 Å². The Bertz CT molecular complexity index is 329. The van der Waals surface area contributed by atoms with E-state index in [-0.39, 0.29) is 5.92 Å². The molecule has 8 heteroatoms. The molecule has 5 nitrogen and oxygen atoms in total. The van der Waals surface area contributed by atoms with Gasteiger partial charge in [-0.15, -0.1) is 0 Å². The summed E-state index contributed by atoms with van der Waals surface area (Å²) in [6.45, 7) is 1.21. The monoisotopic (exact) mass is 268 g/mol. The molecule has 1 aliphatic rings. The highest BCUT2D eigenvalue weighted by Gasteiger charge is 2.37. The SMILES string of the molecule is CC(CC(F)(F)F)NC(=O)NC(C(=O)O)C1CC1. The predicted octanol–water partition coefficient (Wildman–Crippen LogP) is 1.49. The summed E-state index contributed by atoms with van der Waals surface area (Å²) in [6.07, 6.45) is -4.11. The normalized spacial score (nSPS) is 18.9. The van der Waals surface area contributed by atoms with Gasteiger partial charge < -0.3 is 15.7 Å². The maximum atomic E-state index is 12.0. The highest BCUT2D eigenvalue weighted by molar-refractivity contribution is 5.83. The minimum absolute atomic E-state index is 0.119. The van der Waals surface area contributed by atoms with Gasteiger partial charge in [0.25, 0.3) is 0 Å². The van der Waals surface area contributed by atoms with Gasteiger partial charge in [-0.25, -0.2) is 9.59 Å². The van der Waals surface area contributed by atoms with Gasteiger partial charge in [-0.3, -0.25) is 0 Å². The molecule has 0 spiro atoms. The summed E-state index contributed by atoms with van der Waals surface area (Å²) in [4.78, 5) is 22.1. The Balaban J connectivity index is 2.38. The van der Waals surface area contributed by atoms with Crippen LogP contribution in [0.3, 0.4) is 0 Å². The molecule has 2 amide bonds. The largest absolute Gasteiger partial charge is 0.480 e. The molecule has 0 bridgehead atoms. The Labute approximate surface area is 102 Å². The molecule has 0 aromatic carbocycles. The van der Waals surface area contributed by atoms with Gasteiger partial charge in [0, 0.05) is 6.04 Å². The summed E-state index contributed by atoms with van der Waals surface area (Å²) >= 11 is 0. The molecule has 0 radical (unpaired) electrons. The molecule has 1 fully saturated rings. The summed E-state index contributed by atoms with van der Waals surface area (Å²) in [5, 5.41) is 13.1. The lowest BCUT2D eigenvalue weighted by Crippen LogP contribution is -2.50. The standard InChI is InChI=1S/C10H15F3N2O3/c1-5(4-10(11,12)13)14-9(18)15-7(8(16)17)6-2-3-6/h5-7H,2-4H2,1H3,(H,16,17)(H2,14,15,18). The molecular weight excluding hydrogens is 253 g/mol. The first-order chi connectivity index (χ1) is 8.19. The van der Waals surface area contributed by atoms with E-state index in [1.54, 1.807) is 0 Å². The molecule has 0 aliphatic heterocycles. The first-order valence-corrected chi connectivity index (χ1v) is 5.55. The number of hydrogen-bond acceptors (Lipinski definition) is 2. The minimum atomic E-state index is -4.37. The van der Waals surface area contributed by atoms with Crippen LogP contribution in [0.25, 0.3) is 0 Å². The second-order valence-electron chi connectivity index (χ2n) is 4.49. The van der Waals surface area contributed by atoms with E-state index < -0.39 is 36.7 Å². The molecule has 18 heavy (non-hydrogen) atoms. The third-order valence-electron chi connectivity index (χ3n) is 2.56. The summed E-state index contributed by atoms with van der Waals surface area (Å²) in [6, 6.07) is -3.01. The quantitative estimate of drug-likeness (QED) is 0.706. The molecule has 1 saturated carbocycles. The van der Waals surface area contributed by atoms with Crippen molar-refractivity contribution in [2.45, 2.75) is 44.4 Å². The highest BCUT2D eigenvalue weighted by Crippen LogP contribution is 2.32. The van der Waals surface area contributed by atoms with Crippen molar-refractivity contribution in [1.82, 2.24) is 10.6 Å². The van der Waals surface area contributed by atoms with Crippen LogP contribution in [0.2, 0.25) is 0 Å². The van der Waals surface area contributed by atoms with E-state index in [4.69, 9.17) is 5.11 Å². The van der Waals surface area contributed by atoms with Crippen LogP contribution in [0.4, 0.5) is 18.0 Å². The summed E-state index contributed by atoms with van der Waals surface area (Å²) in [7, 11) is 0. The molecule has 0 aromatic heterocycles. The number of hydrogen-bond donors (Lipinski definition) is 3. The second kappa shape index (κ2) is 5.45. The molecule has 0 heterocycles. The number of alkyl halides is 3. The number of carboxylic acids is 1. The van der Waals surface area contributed by atoms with Crippen LogP contribution in [0.15, 0.2) is 0 Å². The van der Waals surface area contributed by atoms with E-state index in [2.05, 4.69) is 10.6 Å². The van der Waals surface area contributed by atoms with Crippen molar-refractivity contribution in [3.8, 4) is 0 Å². The number of rotatable bonds is 5. The van der Waals surface area contributed by atoms with Crippen molar-refractivity contribution in [2.24, 2.45) is 5.92 Å². The van der Waals surface area contributed by atoms with Gasteiger partial charge >= 0.3 is 18.2 Å². The average Bonchev–Trinajstić information content (AvgIpc) is 2.92. The Morgan fingerprint density at radius 2 is 1.89 bits per heavy atom. The third-order valence-corrected chi connectivity index (χ3v) is 2.56. The Morgan fingerprint density at radius 3 is 2.28 bits per heavy atom. The lowest BCUT2D eigenvalue weighted by atomic mass is 10.2. The van der Waals surface area contributed by atoms with Gasteiger partial charge in [-0.1, -0.05) is 0 Å². The lowest BCUT2D eigenvalue weighted by molar-refractivity contribution is -0.140. The van der Waals surface area contributed by atoms with Crippen LogP contribution in [-0.2, 0) is 4.79 Å². The second-order valence-corrected chi connectivity index (χ2v) is 4.49. The van der Waals surface area contributed by atoms with Crippen molar-refractivity contribution in [3.63, 3.8) is 0 Å². The third kappa shape index (κ3) is 5.24. The van der Waals surface area contributed by atoms with Crippen LogP contribution in [0, 0.1) is 5.92 Å². The van der Waals surface area contributed by atoms with Crippen molar-refractivity contribution < 1.29 is 27.9 Å². The molecular formula is C10H15F3N2O3. The van der Waals surface area contributed by atoms with E-state index >= 15 is 0 Å². The first kappa shape index (κ1) is 14.6. The maximum absolute atomic E-state index is 12.0. The summed E-state index contributed by atoms with van der Waals surface area (Å²) in [5.41, 5.74) is 0. The smallest absolute Gasteiger partial charge is 0.391 e. The highest BCUT2D eigenvalue weighted by atomic mass is 19.4. The molecule has 1 rings (SSSR count). The van der Waals surface area contributed by atoms with Crippen molar-refractivity contribution >= 4 is 12.0 Å². The number of urea groups is 1. The van der Waals surface area contributed by atoms with Crippen molar-refractivity contribution in [1.29, 1.82) is 0 Å². The molecule has 2 atom stereocenters. The van der Waals surface area contributed by atoms with E-state index in [0.29, 0.717) is 12.8 Å².